The Hall–Kier alpha value is -1.59. The molecule has 126 valence electrons. The molecule has 1 amide bonds. The van der Waals surface area contributed by atoms with Crippen LogP contribution in [-0.2, 0) is 11.4 Å². The first-order valence-corrected chi connectivity index (χ1v) is 8.58. The Bertz CT molecular complexity index is 549. The van der Waals surface area contributed by atoms with Crippen molar-refractivity contribution in [3.8, 4) is 5.75 Å². The number of rotatable bonds is 5. The summed E-state index contributed by atoms with van der Waals surface area (Å²) in [4.78, 5) is 14.9. The summed E-state index contributed by atoms with van der Waals surface area (Å²) in [5.41, 5.74) is 0.781. The second kappa shape index (κ2) is 7.32. The first-order valence-electron chi connectivity index (χ1n) is 8.58. The van der Waals surface area contributed by atoms with E-state index in [9.17, 15) is 4.79 Å². The zero-order chi connectivity index (χ0) is 16.2. The lowest BCUT2D eigenvalue weighted by atomic mass is 9.99. The highest BCUT2D eigenvalue weighted by Crippen LogP contribution is 2.27. The molecule has 3 unspecified atom stereocenters. The number of aliphatic hydroxyl groups excluding tert-OH is 1. The van der Waals surface area contributed by atoms with Crippen molar-refractivity contribution in [3.05, 3.63) is 29.8 Å². The van der Waals surface area contributed by atoms with E-state index in [0.717, 1.165) is 25.1 Å². The van der Waals surface area contributed by atoms with Crippen LogP contribution in [0.5, 0.6) is 5.75 Å². The van der Waals surface area contributed by atoms with Crippen molar-refractivity contribution in [2.45, 2.75) is 57.4 Å². The van der Waals surface area contributed by atoms with Crippen LogP contribution in [0.3, 0.4) is 0 Å². The zero-order valence-electron chi connectivity index (χ0n) is 13.7. The Labute approximate surface area is 137 Å². The van der Waals surface area contributed by atoms with Crippen LogP contribution in [0.4, 0.5) is 0 Å². The second-order valence-corrected chi connectivity index (χ2v) is 6.57. The molecule has 2 N–H and O–H groups in total. The van der Waals surface area contributed by atoms with Crippen molar-refractivity contribution in [2.75, 3.05) is 13.1 Å². The van der Waals surface area contributed by atoms with E-state index in [2.05, 4.69) is 10.2 Å². The summed E-state index contributed by atoms with van der Waals surface area (Å²) in [6, 6.07) is 7.97. The minimum absolute atomic E-state index is 0.0304. The highest BCUT2D eigenvalue weighted by atomic mass is 16.5. The summed E-state index contributed by atoms with van der Waals surface area (Å²) in [6.07, 6.45) is 4.20. The maximum absolute atomic E-state index is 12.4. The number of hydrogen-bond donors (Lipinski definition) is 2. The highest BCUT2D eigenvalue weighted by molar-refractivity contribution is 5.81. The molecule has 2 aliphatic rings. The standard InChI is InChI=1S/C18H26N2O3/c1-13(23-15-6-4-5-14(11-15)12-21)18(22)19-16-8-10-20-9-3-2-7-17(16)20/h4-6,11,13,16-17,21H,2-3,7-10,12H2,1H3,(H,19,22). The van der Waals surface area contributed by atoms with Crippen LogP contribution in [0.1, 0.15) is 38.2 Å². The van der Waals surface area contributed by atoms with Crippen LogP contribution in [0.25, 0.3) is 0 Å². The van der Waals surface area contributed by atoms with Crippen molar-refractivity contribution in [2.24, 2.45) is 0 Å². The summed E-state index contributed by atoms with van der Waals surface area (Å²) >= 11 is 0. The molecule has 2 aliphatic heterocycles. The highest BCUT2D eigenvalue weighted by Gasteiger charge is 2.36. The second-order valence-electron chi connectivity index (χ2n) is 6.57. The van der Waals surface area contributed by atoms with Gasteiger partial charge in [0.05, 0.1) is 6.61 Å². The number of aliphatic hydroxyl groups is 1. The molecule has 0 aromatic heterocycles. The molecule has 0 saturated carbocycles. The molecule has 0 spiro atoms. The summed E-state index contributed by atoms with van der Waals surface area (Å²) in [5, 5.41) is 12.3. The molecular formula is C18H26N2O3. The number of carbonyl (C=O) groups excluding carboxylic acids is 1. The molecule has 1 aromatic carbocycles. The van der Waals surface area contributed by atoms with Crippen molar-refractivity contribution >= 4 is 5.91 Å². The van der Waals surface area contributed by atoms with E-state index >= 15 is 0 Å². The number of amides is 1. The number of nitrogens with one attached hydrogen (secondary N) is 1. The van der Waals surface area contributed by atoms with Crippen molar-refractivity contribution in [1.29, 1.82) is 0 Å². The van der Waals surface area contributed by atoms with Crippen LogP contribution in [0.2, 0.25) is 0 Å². The third-order valence-electron chi connectivity index (χ3n) is 4.95. The summed E-state index contributed by atoms with van der Waals surface area (Å²) in [5.74, 6) is 0.557. The van der Waals surface area contributed by atoms with Gasteiger partial charge >= 0.3 is 0 Å². The summed E-state index contributed by atoms with van der Waals surface area (Å²) in [6.45, 7) is 3.99. The lowest BCUT2D eigenvalue weighted by molar-refractivity contribution is -0.128. The van der Waals surface area contributed by atoms with Gasteiger partial charge in [-0.2, -0.15) is 0 Å². The van der Waals surface area contributed by atoms with Crippen LogP contribution < -0.4 is 10.1 Å². The number of hydrogen-bond acceptors (Lipinski definition) is 4. The molecule has 23 heavy (non-hydrogen) atoms. The van der Waals surface area contributed by atoms with Gasteiger partial charge in [-0.05, 0) is 50.4 Å². The lowest BCUT2D eigenvalue weighted by Gasteiger charge is -2.32. The Morgan fingerprint density at radius 3 is 3.09 bits per heavy atom. The molecule has 3 rings (SSSR count). The van der Waals surface area contributed by atoms with Crippen molar-refractivity contribution in [3.63, 3.8) is 0 Å². The fourth-order valence-corrected chi connectivity index (χ4v) is 3.69. The predicted octanol–water partition coefficient (Wildman–Crippen LogP) is 1.69. The van der Waals surface area contributed by atoms with E-state index < -0.39 is 6.10 Å². The van der Waals surface area contributed by atoms with Crippen LogP contribution >= 0.6 is 0 Å². The van der Waals surface area contributed by atoms with Gasteiger partial charge in [-0.3, -0.25) is 9.69 Å². The van der Waals surface area contributed by atoms with Gasteiger partial charge in [-0.15, -0.1) is 0 Å². The predicted molar refractivity (Wildman–Crippen MR) is 88.2 cm³/mol. The number of ether oxygens (including phenoxy) is 1. The monoisotopic (exact) mass is 318 g/mol. The molecule has 5 nitrogen and oxygen atoms in total. The van der Waals surface area contributed by atoms with Gasteiger partial charge in [-0.25, -0.2) is 0 Å². The number of nitrogens with zero attached hydrogens (tertiary/aromatic N) is 1. The first-order chi connectivity index (χ1) is 11.2. The Balaban J connectivity index is 1.55. The summed E-state index contributed by atoms with van der Waals surface area (Å²) < 4.78 is 5.73. The number of benzene rings is 1. The number of piperidine rings is 1. The normalized spacial score (nSPS) is 25.7. The van der Waals surface area contributed by atoms with Crippen molar-refractivity contribution < 1.29 is 14.6 Å². The average molecular weight is 318 g/mol. The first kappa shape index (κ1) is 16.3. The van der Waals surface area contributed by atoms with Gasteiger partial charge in [0.15, 0.2) is 6.10 Å². The minimum atomic E-state index is -0.540. The van der Waals surface area contributed by atoms with Crippen molar-refractivity contribution in [1.82, 2.24) is 10.2 Å². The zero-order valence-corrected chi connectivity index (χ0v) is 13.7. The smallest absolute Gasteiger partial charge is 0.261 e. The third kappa shape index (κ3) is 3.85. The number of carbonyl (C=O) groups is 1. The van der Waals surface area contributed by atoms with E-state index in [1.807, 2.05) is 12.1 Å². The minimum Gasteiger partial charge on any atom is -0.481 e. The van der Waals surface area contributed by atoms with Gasteiger partial charge in [0.1, 0.15) is 5.75 Å². The maximum atomic E-state index is 12.4. The quantitative estimate of drug-likeness (QED) is 0.867. The fraction of sp³-hybridized carbons (Fsp3) is 0.611. The molecule has 1 aromatic rings. The average Bonchev–Trinajstić information content (AvgIpc) is 2.98. The van der Waals surface area contributed by atoms with E-state index in [0.29, 0.717) is 11.8 Å². The van der Waals surface area contributed by atoms with E-state index in [1.54, 1.807) is 19.1 Å². The van der Waals surface area contributed by atoms with E-state index in [4.69, 9.17) is 9.84 Å². The van der Waals surface area contributed by atoms with Gasteiger partial charge in [-0.1, -0.05) is 18.6 Å². The van der Waals surface area contributed by atoms with Crippen LogP contribution in [-0.4, -0.2) is 47.2 Å². The maximum Gasteiger partial charge on any atom is 0.261 e. The molecule has 5 heteroatoms. The molecule has 0 radical (unpaired) electrons. The van der Waals surface area contributed by atoms with E-state index in [1.165, 1.54) is 19.3 Å². The molecule has 2 heterocycles. The van der Waals surface area contributed by atoms with Crippen LogP contribution in [0, 0.1) is 0 Å². The topological polar surface area (TPSA) is 61.8 Å². The molecule has 2 saturated heterocycles. The number of fused-ring (bicyclic) bond motifs is 1. The Morgan fingerprint density at radius 2 is 2.26 bits per heavy atom. The molecule has 2 fully saturated rings. The molecule has 3 atom stereocenters. The largest absolute Gasteiger partial charge is 0.481 e. The van der Waals surface area contributed by atoms with E-state index in [-0.39, 0.29) is 18.6 Å². The SMILES string of the molecule is CC(Oc1cccc(CO)c1)C(=O)NC1CCN2CCCCC12. The van der Waals surface area contributed by atoms with Crippen LogP contribution in [0.15, 0.2) is 24.3 Å². The van der Waals surface area contributed by atoms with Gasteiger partial charge in [0.25, 0.3) is 5.91 Å². The van der Waals surface area contributed by atoms with Gasteiger partial charge in [0, 0.05) is 18.6 Å². The van der Waals surface area contributed by atoms with Gasteiger partial charge in [0.2, 0.25) is 0 Å². The summed E-state index contributed by atoms with van der Waals surface area (Å²) in [7, 11) is 0. The Morgan fingerprint density at radius 1 is 1.39 bits per heavy atom. The van der Waals surface area contributed by atoms with Gasteiger partial charge < -0.3 is 15.2 Å². The molecule has 0 bridgehead atoms. The third-order valence-corrected chi connectivity index (χ3v) is 4.95. The lowest BCUT2D eigenvalue weighted by Crippen LogP contribution is -2.49. The molecule has 0 aliphatic carbocycles. The Kier molecular flexibility index (Phi) is 5.18. The fourth-order valence-electron chi connectivity index (χ4n) is 3.69. The molecular weight excluding hydrogens is 292 g/mol.